The van der Waals surface area contributed by atoms with Crippen molar-refractivity contribution in [2.45, 2.75) is 13.3 Å². The summed E-state index contributed by atoms with van der Waals surface area (Å²) in [5, 5.41) is 0.975. The van der Waals surface area contributed by atoms with Crippen molar-refractivity contribution >= 4 is 16.9 Å². The summed E-state index contributed by atoms with van der Waals surface area (Å²) >= 11 is 0. The van der Waals surface area contributed by atoms with E-state index in [4.69, 9.17) is 4.74 Å². The first-order chi connectivity index (χ1) is 8.76. The standard InChI is InChI=1S/C15H15NO2/c1-3-6-11-7-5-8-14-13(11)9-12(10-16-14)15(17)18-4-2/h3,5,7-10H,1,4,6H2,2H3. The number of hydrogen-bond donors (Lipinski definition) is 0. The maximum Gasteiger partial charge on any atom is 0.339 e. The summed E-state index contributed by atoms with van der Waals surface area (Å²) in [6.45, 7) is 5.89. The third kappa shape index (κ3) is 2.40. The molecule has 0 spiro atoms. The zero-order chi connectivity index (χ0) is 13.0. The molecule has 0 radical (unpaired) electrons. The van der Waals surface area contributed by atoms with E-state index in [1.807, 2.05) is 30.3 Å². The highest BCUT2D eigenvalue weighted by atomic mass is 16.5. The lowest BCUT2D eigenvalue weighted by Crippen LogP contribution is -2.05. The van der Waals surface area contributed by atoms with Gasteiger partial charge in [0.25, 0.3) is 0 Å². The van der Waals surface area contributed by atoms with Gasteiger partial charge in [-0.3, -0.25) is 4.98 Å². The van der Waals surface area contributed by atoms with Crippen molar-refractivity contribution in [1.29, 1.82) is 0 Å². The van der Waals surface area contributed by atoms with Gasteiger partial charge < -0.3 is 4.74 Å². The lowest BCUT2D eigenvalue weighted by Gasteiger charge is -2.06. The summed E-state index contributed by atoms with van der Waals surface area (Å²) in [5.74, 6) is -0.333. The monoisotopic (exact) mass is 241 g/mol. The number of fused-ring (bicyclic) bond motifs is 1. The molecule has 0 saturated heterocycles. The van der Waals surface area contributed by atoms with E-state index in [2.05, 4.69) is 11.6 Å². The number of ether oxygens (including phenoxy) is 1. The lowest BCUT2D eigenvalue weighted by atomic mass is 10.0. The van der Waals surface area contributed by atoms with Crippen LogP contribution in [0.25, 0.3) is 10.9 Å². The Morgan fingerprint density at radius 3 is 3.06 bits per heavy atom. The molecule has 0 atom stereocenters. The molecule has 3 nitrogen and oxygen atoms in total. The van der Waals surface area contributed by atoms with Gasteiger partial charge in [-0.15, -0.1) is 6.58 Å². The van der Waals surface area contributed by atoms with Crippen LogP contribution < -0.4 is 0 Å². The van der Waals surface area contributed by atoms with Crippen molar-refractivity contribution in [3.8, 4) is 0 Å². The summed E-state index contributed by atoms with van der Waals surface area (Å²) in [6.07, 6.45) is 4.15. The van der Waals surface area contributed by atoms with E-state index in [-0.39, 0.29) is 5.97 Å². The maximum atomic E-state index is 11.7. The van der Waals surface area contributed by atoms with Gasteiger partial charge >= 0.3 is 5.97 Å². The zero-order valence-corrected chi connectivity index (χ0v) is 10.3. The van der Waals surface area contributed by atoms with Crippen LogP contribution in [-0.2, 0) is 11.2 Å². The van der Waals surface area contributed by atoms with Crippen LogP contribution in [0.3, 0.4) is 0 Å². The maximum absolute atomic E-state index is 11.7. The lowest BCUT2D eigenvalue weighted by molar-refractivity contribution is 0.0526. The SMILES string of the molecule is C=CCc1cccc2ncc(C(=O)OCC)cc12. The Kier molecular flexibility index (Phi) is 3.72. The average Bonchev–Trinajstić information content (AvgIpc) is 2.39. The minimum absolute atomic E-state index is 0.333. The first-order valence-corrected chi connectivity index (χ1v) is 5.92. The second kappa shape index (κ2) is 5.45. The number of benzene rings is 1. The first kappa shape index (κ1) is 12.3. The van der Waals surface area contributed by atoms with Crippen LogP contribution in [0.2, 0.25) is 0 Å². The normalized spacial score (nSPS) is 10.3. The highest BCUT2D eigenvalue weighted by Gasteiger charge is 2.09. The van der Waals surface area contributed by atoms with Crippen molar-refractivity contribution in [3.05, 3.63) is 54.2 Å². The van der Waals surface area contributed by atoms with Gasteiger partial charge in [0, 0.05) is 11.6 Å². The Hall–Kier alpha value is -2.16. The Labute approximate surface area is 106 Å². The third-order valence-corrected chi connectivity index (χ3v) is 2.69. The molecule has 2 rings (SSSR count). The van der Waals surface area contributed by atoms with Crippen LogP contribution in [0.1, 0.15) is 22.8 Å². The van der Waals surface area contributed by atoms with Crippen molar-refractivity contribution in [3.63, 3.8) is 0 Å². The number of rotatable bonds is 4. The molecule has 18 heavy (non-hydrogen) atoms. The Morgan fingerprint density at radius 2 is 2.33 bits per heavy atom. The Bertz CT molecular complexity index is 590. The molecule has 0 aliphatic heterocycles. The summed E-state index contributed by atoms with van der Waals surface area (Å²) in [7, 11) is 0. The number of hydrogen-bond acceptors (Lipinski definition) is 3. The predicted octanol–water partition coefficient (Wildman–Crippen LogP) is 3.14. The second-order valence-corrected chi connectivity index (χ2v) is 3.92. The van der Waals surface area contributed by atoms with Crippen LogP contribution in [0, 0.1) is 0 Å². The molecule has 0 saturated carbocycles. The average molecular weight is 241 g/mol. The number of carbonyl (C=O) groups excluding carboxylic acids is 1. The molecule has 0 fully saturated rings. The number of carbonyl (C=O) groups is 1. The third-order valence-electron chi connectivity index (χ3n) is 2.69. The van der Waals surface area contributed by atoms with Crippen LogP contribution in [0.5, 0.6) is 0 Å². The van der Waals surface area contributed by atoms with Gasteiger partial charge in [0.05, 0.1) is 17.7 Å². The van der Waals surface area contributed by atoms with Crippen LogP contribution >= 0.6 is 0 Å². The first-order valence-electron chi connectivity index (χ1n) is 5.92. The van der Waals surface area contributed by atoms with Crippen LogP contribution in [-0.4, -0.2) is 17.6 Å². The molecule has 3 heteroatoms. The fourth-order valence-corrected chi connectivity index (χ4v) is 1.87. The summed E-state index contributed by atoms with van der Waals surface area (Å²) in [6, 6.07) is 7.73. The highest BCUT2D eigenvalue weighted by molar-refractivity contribution is 5.94. The van der Waals surface area contributed by atoms with E-state index in [0.29, 0.717) is 12.2 Å². The summed E-state index contributed by atoms with van der Waals surface area (Å²) < 4.78 is 4.98. The summed E-state index contributed by atoms with van der Waals surface area (Å²) in [5.41, 5.74) is 2.48. The van der Waals surface area contributed by atoms with E-state index in [1.165, 1.54) is 0 Å². The van der Waals surface area contributed by atoms with E-state index in [0.717, 1.165) is 22.9 Å². The van der Waals surface area contributed by atoms with Gasteiger partial charge in [-0.25, -0.2) is 4.79 Å². The van der Waals surface area contributed by atoms with Gasteiger partial charge in [-0.1, -0.05) is 18.2 Å². The van der Waals surface area contributed by atoms with E-state index in [9.17, 15) is 4.79 Å². The Balaban J connectivity index is 2.51. The second-order valence-electron chi connectivity index (χ2n) is 3.92. The van der Waals surface area contributed by atoms with E-state index < -0.39 is 0 Å². The smallest absolute Gasteiger partial charge is 0.339 e. The number of allylic oxidation sites excluding steroid dienone is 1. The molecule has 0 aliphatic carbocycles. The van der Waals surface area contributed by atoms with Crippen molar-refractivity contribution in [2.24, 2.45) is 0 Å². The minimum atomic E-state index is -0.333. The predicted molar refractivity (Wildman–Crippen MR) is 71.6 cm³/mol. The van der Waals surface area contributed by atoms with Gasteiger partial charge in [0.15, 0.2) is 0 Å². The number of esters is 1. The van der Waals surface area contributed by atoms with E-state index >= 15 is 0 Å². The molecule has 0 unspecified atom stereocenters. The summed E-state index contributed by atoms with van der Waals surface area (Å²) in [4.78, 5) is 16.0. The molecule has 2 aromatic rings. The van der Waals surface area contributed by atoms with Crippen molar-refractivity contribution in [1.82, 2.24) is 4.98 Å². The minimum Gasteiger partial charge on any atom is -0.462 e. The van der Waals surface area contributed by atoms with Gasteiger partial charge in [0.1, 0.15) is 0 Å². The van der Waals surface area contributed by atoms with Crippen molar-refractivity contribution < 1.29 is 9.53 Å². The highest BCUT2D eigenvalue weighted by Crippen LogP contribution is 2.19. The Morgan fingerprint density at radius 1 is 1.50 bits per heavy atom. The number of aromatic nitrogens is 1. The molecule has 92 valence electrons. The van der Waals surface area contributed by atoms with E-state index in [1.54, 1.807) is 13.1 Å². The van der Waals surface area contributed by atoms with Crippen LogP contribution in [0.4, 0.5) is 0 Å². The molecule has 1 heterocycles. The van der Waals surface area contributed by atoms with Gasteiger partial charge in [-0.2, -0.15) is 0 Å². The molecule has 0 N–H and O–H groups in total. The molecule has 0 aliphatic rings. The topological polar surface area (TPSA) is 39.2 Å². The fraction of sp³-hybridized carbons (Fsp3) is 0.200. The van der Waals surface area contributed by atoms with Crippen LogP contribution in [0.15, 0.2) is 43.1 Å². The molecule has 1 aromatic heterocycles. The molecule has 0 amide bonds. The molecule has 0 bridgehead atoms. The fourth-order valence-electron chi connectivity index (χ4n) is 1.87. The zero-order valence-electron chi connectivity index (χ0n) is 10.3. The molecular weight excluding hydrogens is 226 g/mol. The number of pyridine rings is 1. The van der Waals surface area contributed by atoms with Crippen molar-refractivity contribution in [2.75, 3.05) is 6.61 Å². The van der Waals surface area contributed by atoms with Gasteiger partial charge in [0.2, 0.25) is 0 Å². The number of nitrogens with zero attached hydrogens (tertiary/aromatic N) is 1. The largest absolute Gasteiger partial charge is 0.462 e. The quantitative estimate of drug-likeness (QED) is 0.609. The van der Waals surface area contributed by atoms with Gasteiger partial charge in [-0.05, 0) is 31.0 Å². The molecule has 1 aromatic carbocycles. The molecular formula is C15H15NO2.